The van der Waals surface area contributed by atoms with Gasteiger partial charge in [-0.25, -0.2) is 0 Å². The van der Waals surface area contributed by atoms with Gasteiger partial charge in [0.25, 0.3) is 0 Å². The largest absolute Gasteiger partial charge is 0.197 e. The highest BCUT2D eigenvalue weighted by molar-refractivity contribution is 5.35. The molecule has 0 aromatic heterocycles. The molecule has 0 amide bonds. The van der Waals surface area contributed by atoms with Crippen LogP contribution < -0.4 is 0 Å². The fourth-order valence-corrected chi connectivity index (χ4v) is 4.53. The molecule has 0 heterocycles. The highest BCUT2D eigenvalue weighted by Gasteiger charge is 2.36. The normalized spacial score (nSPS) is 22.9. The summed E-state index contributed by atoms with van der Waals surface area (Å²) in [5.41, 5.74) is 2.47. The van der Waals surface area contributed by atoms with Crippen LogP contribution in [0.4, 0.5) is 0 Å². The van der Waals surface area contributed by atoms with E-state index in [-0.39, 0.29) is 5.41 Å². The van der Waals surface area contributed by atoms with Crippen molar-refractivity contribution in [3.63, 3.8) is 0 Å². The molecular weight excluding hydrogens is 314 g/mol. The quantitative estimate of drug-likeness (QED) is 0.373. The van der Waals surface area contributed by atoms with Crippen LogP contribution in [-0.2, 0) is 11.8 Å². The minimum atomic E-state index is -0.222. The molecule has 1 heteroatoms. The lowest BCUT2D eigenvalue weighted by molar-refractivity contribution is 0.261. The standard InChI is InChI=1S/C25H39N/c1-3-5-7-8-10-12-23-17-19-25(21-26,20-18-23)24-15-13-22(14-16-24)11-9-6-4-2/h13-16,23H,3-12,17-20H2,1-2H3/t23-,25+. The Bertz CT molecular complexity index is 528. The number of aryl methyl sites for hydroxylation is 1. The SMILES string of the molecule is CCCCCCC[C@H]1CC[C@@](C#N)(c2ccc(CCCCC)cc2)CC1. The fourth-order valence-electron chi connectivity index (χ4n) is 4.53. The molecule has 0 radical (unpaired) electrons. The molecule has 2 rings (SSSR count). The molecule has 1 fully saturated rings. The average Bonchev–Trinajstić information content (AvgIpc) is 2.69. The molecular formula is C25H39N. The van der Waals surface area contributed by atoms with E-state index in [1.54, 1.807) is 0 Å². The van der Waals surface area contributed by atoms with Crippen molar-refractivity contribution in [2.24, 2.45) is 5.92 Å². The van der Waals surface area contributed by atoms with Gasteiger partial charge in [0.2, 0.25) is 0 Å². The minimum absolute atomic E-state index is 0.222. The van der Waals surface area contributed by atoms with E-state index in [1.165, 1.54) is 88.2 Å². The second-order valence-electron chi connectivity index (χ2n) is 8.49. The maximum atomic E-state index is 9.95. The number of nitrogens with zero attached hydrogens (tertiary/aromatic N) is 1. The second kappa shape index (κ2) is 11.4. The Hall–Kier alpha value is -1.29. The summed E-state index contributed by atoms with van der Waals surface area (Å²) in [7, 11) is 0. The summed E-state index contributed by atoms with van der Waals surface area (Å²) in [5.74, 6) is 0.853. The monoisotopic (exact) mass is 353 g/mol. The van der Waals surface area contributed by atoms with Crippen LogP contribution in [-0.4, -0.2) is 0 Å². The van der Waals surface area contributed by atoms with Gasteiger partial charge in [0.15, 0.2) is 0 Å². The van der Waals surface area contributed by atoms with E-state index in [2.05, 4.69) is 44.2 Å². The zero-order chi connectivity index (χ0) is 18.7. The first kappa shape index (κ1) is 21.0. The molecule has 1 aromatic rings. The van der Waals surface area contributed by atoms with Gasteiger partial charge in [-0.3, -0.25) is 0 Å². The second-order valence-corrected chi connectivity index (χ2v) is 8.49. The van der Waals surface area contributed by atoms with Crippen molar-refractivity contribution >= 4 is 0 Å². The van der Waals surface area contributed by atoms with E-state index in [1.807, 2.05) is 0 Å². The molecule has 0 aliphatic heterocycles. The van der Waals surface area contributed by atoms with Gasteiger partial charge in [-0.2, -0.15) is 5.26 Å². The Morgan fingerprint density at radius 3 is 2.12 bits per heavy atom. The van der Waals surface area contributed by atoms with E-state index in [0.717, 1.165) is 18.8 Å². The number of hydrogen-bond donors (Lipinski definition) is 0. The summed E-state index contributed by atoms with van der Waals surface area (Å²) in [6, 6.07) is 11.7. The molecule has 1 aliphatic carbocycles. The molecule has 0 spiro atoms. The van der Waals surface area contributed by atoms with Gasteiger partial charge in [-0.15, -0.1) is 0 Å². The predicted molar refractivity (Wildman–Crippen MR) is 112 cm³/mol. The Morgan fingerprint density at radius 1 is 0.885 bits per heavy atom. The summed E-state index contributed by atoms with van der Waals surface area (Å²) in [4.78, 5) is 0. The van der Waals surface area contributed by atoms with Gasteiger partial charge in [-0.1, -0.05) is 89.5 Å². The van der Waals surface area contributed by atoms with Crippen LogP contribution in [0.2, 0.25) is 0 Å². The molecule has 0 unspecified atom stereocenters. The van der Waals surface area contributed by atoms with Gasteiger partial charge in [-0.05, 0) is 55.6 Å². The third-order valence-corrected chi connectivity index (χ3v) is 6.46. The van der Waals surface area contributed by atoms with E-state index in [0.29, 0.717) is 0 Å². The van der Waals surface area contributed by atoms with E-state index in [4.69, 9.17) is 0 Å². The fraction of sp³-hybridized carbons (Fsp3) is 0.720. The number of hydrogen-bond acceptors (Lipinski definition) is 1. The van der Waals surface area contributed by atoms with Crippen LogP contribution in [0, 0.1) is 17.2 Å². The highest BCUT2D eigenvalue weighted by atomic mass is 14.4. The smallest absolute Gasteiger partial charge is 0.0822 e. The van der Waals surface area contributed by atoms with Crippen LogP contribution >= 0.6 is 0 Å². The lowest BCUT2D eigenvalue weighted by Crippen LogP contribution is -2.30. The lowest BCUT2D eigenvalue weighted by atomic mass is 9.66. The molecule has 0 N–H and O–H groups in total. The van der Waals surface area contributed by atoms with Crippen LogP contribution in [0.1, 0.15) is 108 Å². The van der Waals surface area contributed by atoms with E-state index >= 15 is 0 Å². The molecule has 26 heavy (non-hydrogen) atoms. The molecule has 0 atom stereocenters. The summed E-state index contributed by atoms with van der Waals surface area (Å²) in [6.45, 7) is 4.53. The van der Waals surface area contributed by atoms with Crippen molar-refractivity contribution < 1.29 is 0 Å². The number of unbranched alkanes of at least 4 members (excludes halogenated alkanes) is 6. The molecule has 144 valence electrons. The van der Waals surface area contributed by atoms with Crippen LogP contribution in [0.15, 0.2) is 24.3 Å². The van der Waals surface area contributed by atoms with Crippen LogP contribution in [0.5, 0.6) is 0 Å². The minimum Gasteiger partial charge on any atom is -0.197 e. The van der Waals surface area contributed by atoms with Gasteiger partial charge in [0.1, 0.15) is 0 Å². The van der Waals surface area contributed by atoms with Gasteiger partial charge < -0.3 is 0 Å². The molecule has 0 bridgehead atoms. The van der Waals surface area contributed by atoms with E-state index in [9.17, 15) is 5.26 Å². The van der Waals surface area contributed by atoms with Crippen molar-refractivity contribution in [1.29, 1.82) is 5.26 Å². The zero-order valence-electron chi connectivity index (χ0n) is 17.2. The molecule has 1 nitrogen and oxygen atoms in total. The van der Waals surface area contributed by atoms with Gasteiger partial charge in [0, 0.05) is 0 Å². The first-order chi connectivity index (χ1) is 12.7. The summed E-state index contributed by atoms with van der Waals surface area (Å²) < 4.78 is 0. The van der Waals surface area contributed by atoms with Crippen molar-refractivity contribution in [3.8, 4) is 6.07 Å². The van der Waals surface area contributed by atoms with Crippen LogP contribution in [0.3, 0.4) is 0 Å². The van der Waals surface area contributed by atoms with Crippen molar-refractivity contribution in [1.82, 2.24) is 0 Å². The van der Waals surface area contributed by atoms with E-state index < -0.39 is 0 Å². The summed E-state index contributed by atoms with van der Waals surface area (Å²) in [6.07, 6.45) is 17.9. The van der Waals surface area contributed by atoms with Crippen LogP contribution in [0.25, 0.3) is 0 Å². The Morgan fingerprint density at radius 2 is 1.50 bits per heavy atom. The Labute approximate surface area is 162 Å². The first-order valence-corrected chi connectivity index (χ1v) is 11.2. The first-order valence-electron chi connectivity index (χ1n) is 11.2. The molecule has 1 saturated carbocycles. The lowest BCUT2D eigenvalue weighted by Gasteiger charge is -2.35. The number of rotatable bonds is 11. The third-order valence-electron chi connectivity index (χ3n) is 6.46. The molecule has 1 aromatic carbocycles. The van der Waals surface area contributed by atoms with Crippen molar-refractivity contribution in [2.45, 2.75) is 109 Å². The number of benzene rings is 1. The number of nitriles is 1. The van der Waals surface area contributed by atoms with Gasteiger partial charge in [0.05, 0.1) is 11.5 Å². The summed E-state index contributed by atoms with van der Waals surface area (Å²) in [5, 5.41) is 9.95. The maximum Gasteiger partial charge on any atom is 0.0822 e. The predicted octanol–water partition coefficient (Wildman–Crippen LogP) is 7.73. The third kappa shape index (κ3) is 6.15. The van der Waals surface area contributed by atoms with Crippen molar-refractivity contribution in [2.75, 3.05) is 0 Å². The molecule has 0 saturated heterocycles. The van der Waals surface area contributed by atoms with Crippen molar-refractivity contribution in [3.05, 3.63) is 35.4 Å². The Kier molecular flexibility index (Phi) is 9.24. The van der Waals surface area contributed by atoms with Gasteiger partial charge >= 0.3 is 0 Å². The zero-order valence-corrected chi connectivity index (χ0v) is 17.2. The average molecular weight is 354 g/mol. The Balaban J connectivity index is 1.83. The maximum absolute atomic E-state index is 9.95. The molecule has 1 aliphatic rings. The highest BCUT2D eigenvalue weighted by Crippen LogP contribution is 2.42. The topological polar surface area (TPSA) is 23.8 Å². The summed E-state index contributed by atoms with van der Waals surface area (Å²) >= 11 is 0.